The fraction of sp³-hybridized carbons (Fsp3) is 0.333. The van der Waals surface area contributed by atoms with Crippen molar-refractivity contribution in [3.05, 3.63) is 7.11 Å². The van der Waals surface area contributed by atoms with Gasteiger partial charge in [-0.2, -0.15) is 0 Å². The Kier molecular flexibility index (Phi) is 4.28. The SMILES string of the molecule is [CH2]OC(=O)N(CC(=O)O)CC(=O)O. The van der Waals surface area contributed by atoms with E-state index in [-0.39, 0.29) is 0 Å². The molecular weight excluding hydrogens is 182 g/mol. The first-order chi connectivity index (χ1) is 5.97. The van der Waals surface area contributed by atoms with Crippen LogP contribution in [0, 0.1) is 7.11 Å². The molecule has 0 heterocycles. The van der Waals surface area contributed by atoms with E-state index in [1.54, 1.807) is 0 Å². The topological polar surface area (TPSA) is 104 Å². The van der Waals surface area contributed by atoms with Gasteiger partial charge in [-0.25, -0.2) is 4.79 Å². The van der Waals surface area contributed by atoms with E-state index in [0.29, 0.717) is 4.90 Å². The Morgan fingerprint density at radius 2 is 1.54 bits per heavy atom. The number of rotatable bonds is 4. The van der Waals surface area contributed by atoms with Gasteiger partial charge in [-0.1, -0.05) is 0 Å². The van der Waals surface area contributed by atoms with Crippen molar-refractivity contribution in [1.29, 1.82) is 0 Å². The summed E-state index contributed by atoms with van der Waals surface area (Å²) >= 11 is 0. The molecule has 1 radical (unpaired) electrons. The second kappa shape index (κ2) is 4.96. The molecule has 0 aliphatic rings. The Bertz CT molecular complexity index is 209. The average Bonchev–Trinajstić information content (AvgIpc) is 2.00. The van der Waals surface area contributed by atoms with Gasteiger partial charge in [0.1, 0.15) is 20.2 Å². The Hall–Kier alpha value is -1.79. The summed E-state index contributed by atoms with van der Waals surface area (Å²) in [5.74, 6) is -2.65. The maximum Gasteiger partial charge on any atom is 0.410 e. The van der Waals surface area contributed by atoms with Crippen LogP contribution in [-0.4, -0.2) is 46.2 Å². The molecule has 2 N–H and O–H groups in total. The Labute approximate surface area is 73.5 Å². The third-order valence-electron chi connectivity index (χ3n) is 1.03. The molecule has 1 amide bonds. The van der Waals surface area contributed by atoms with Crippen molar-refractivity contribution in [3.8, 4) is 0 Å². The van der Waals surface area contributed by atoms with Crippen molar-refractivity contribution in [1.82, 2.24) is 4.90 Å². The summed E-state index contributed by atoms with van der Waals surface area (Å²) in [7, 11) is 2.74. The Morgan fingerprint density at radius 3 is 1.77 bits per heavy atom. The summed E-state index contributed by atoms with van der Waals surface area (Å²) in [4.78, 5) is 31.5. The lowest BCUT2D eigenvalue weighted by Crippen LogP contribution is -2.38. The zero-order valence-corrected chi connectivity index (χ0v) is 6.60. The lowest BCUT2D eigenvalue weighted by molar-refractivity contribution is -0.141. The van der Waals surface area contributed by atoms with Crippen molar-refractivity contribution < 1.29 is 29.3 Å². The van der Waals surface area contributed by atoms with Crippen LogP contribution in [-0.2, 0) is 14.3 Å². The van der Waals surface area contributed by atoms with Crippen LogP contribution in [0.25, 0.3) is 0 Å². The van der Waals surface area contributed by atoms with Gasteiger partial charge in [0.2, 0.25) is 0 Å². The minimum Gasteiger partial charge on any atom is -0.480 e. The number of amides is 1. The lowest BCUT2D eigenvalue weighted by Gasteiger charge is -2.15. The minimum absolute atomic E-state index is 0.498. The van der Waals surface area contributed by atoms with Crippen LogP contribution < -0.4 is 0 Å². The van der Waals surface area contributed by atoms with E-state index in [2.05, 4.69) is 11.8 Å². The zero-order valence-electron chi connectivity index (χ0n) is 6.60. The van der Waals surface area contributed by atoms with Gasteiger partial charge in [-0.3, -0.25) is 14.5 Å². The smallest absolute Gasteiger partial charge is 0.410 e. The van der Waals surface area contributed by atoms with Crippen LogP contribution >= 0.6 is 0 Å². The molecule has 0 aromatic rings. The highest BCUT2D eigenvalue weighted by molar-refractivity contribution is 5.81. The molecule has 7 nitrogen and oxygen atoms in total. The number of aliphatic carboxylic acids is 2. The standard InChI is InChI=1S/C6H8NO6/c1-13-6(12)7(2-4(8)9)3-5(10)11/h1-3H2,(H,8,9)(H,10,11). The van der Waals surface area contributed by atoms with Crippen LogP contribution in [0.3, 0.4) is 0 Å². The van der Waals surface area contributed by atoms with E-state index in [1.807, 2.05) is 0 Å². The van der Waals surface area contributed by atoms with Gasteiger partial charge in [0.15, 0.2) is 0 Å². The van der Waals surface area contributed by atoms with Gasteiger partial charge in [0.05, 0.1) is 0 Å². The van der Waals surface area contributed by atoms with E-state index >= 15 is 0 Å². The fourth-order valence-electron chi connectivity index (χ4n) is 0.603. The number of hydrogen-bond acceptors (Lipinski definition) is 4. The molecule has 0 saturated carbocycles. The maximum absolute atomic E-state index is 10.7. The molecule has 0 fully saturated rings. The van der Waals surface area contributed by atoms with Crippen molar-refractivity contribution in [2.24, 2.45) is 0 Å². The number of carbonyl (C=O) groups is 3. The predicted molar refractivity (Wildman–Crippen MR) is 38.7 cm³/mol. The third kappa shape index (κ3) is 4.62. The number of carboxylic acids is 2. The predicted octanol–water partition coefficient (Wildman–Crippen LogP) is -0.614. The normalized spacial score (nSPS) is 9.00. The van der Waals surface area contributed by atoms with E-state index in [4.69, 9.17) is 10.2 Å². The number of nitrogens with zero attached hydrogens (tertiary/aromatic N) is 1. The van der Waals surface area contributed by atoms with Gasteiger partial charge in [0.25, 0.3) is 0 Å². The summed E-state index contributed by atoms with van der Waals surface area (Å²) in [6.45, 7) is -1.47. The summed E-state index contributed by atoms with van der Waals surface area (Å²) in [5.41, 5.74) is 0. The van der Waals surface area contributed by atoms with Gasteiger partial charge in [-0.15, -0.1) is 0 Å². The molecule has 0 aliphatic heterocycles. The van der Waals surface area contributed by atoms with E-state index in [0.717, 1.165) is 0 Å². The van der Waals surface area contributed by atoms with Gasteiger partial charge < -0.3 is 14.9 Å². The number of hydrogen-bond donors (Lipinski definition) is 2. The Morgan fingerprint density at radius 1 is 1.15 bits per heavy atom. The second-order valence-electron chi connectivity index (χ2n) is 2.05. The number of carbonyl (C=O) groups excluding carboxylic acids is 1. The van der Waals surface area contributed by atoms with Crippen molar-refractivity contribution >= 4 is 18.0 Å². The summed E-state index contributed by atoms with van der Waals surface area (Å²) in [5, 5.41) is 16.6. The molecule has 13 heavy (non-hydrogen) atoms. The zero-order chi connectivity index (χ0) is 10.4. The average molecular weight is 190 g/mol. The number of ether oxygens (including phenoxy) is 1. The van der Waals surface area contributed by atoms with E-state index in [1.165, 1.54) is 0 Å². The molecule has 0 aliphatic carbocycles. The monoisotopic (exact) mass is 190 g/mol. The molecule has 0 unspecified atom stereocenters. The maximum atomic E-state index is 10.7. The molecule has 0 bridgehead atoms. The molecule has 0 spiro atoms. The van der Waals surface area contributed by atoms with Gasteiger partial charge in [0, 0.05) is 0 Å². The van der Waals surface area contributed by atoms with Crippen LogP contribution in [0.4, 0.5) is 4.79 Å². The molecule has 0 aromatic carbocycles. The number of carboxylic acid groups (broad SMARTS) is 2. The minimum atomic E-state index is -1.33. The fourth-order valence-corrected chi connectivity index (χ4v) is 0.603. The van der Waals surface area contributed by atoms with E-state index < -0.39 is 31.1 Å². The molecule has 0 atom stereocenters. The van der Waals surface area contributed by atoms with Crippen LogP contribution in [0.2, 0.25) is 0 Å². The molecule has 73 valence electrons. The Balaban J connectivity index is 4.26. The van der Waals surface area contributed by atoms with Crippen molar-refractivity contribution in [2.75, 3.05) is 13.1 Å². The van der Waals surface area contributed by atoms with Crippen LogP contribution in [0.1, 0.15) is 0 Å². The van der Waals surface area contributed by atoms with Crippen LogP contribution in [0.15, 0.2) is 0 Å². The molecular formula is C6H8NO6. The molecule has 0 saturated heterocycles. The largest absolute Gasteiger partial charge is 0.480 e. The van der Waals surface area contributed by atoms with Gasteiger partial charge in [-0.05, 0) is 0 Å². The molecule has 0 rings (SSSR count). The highest BCUT2D eigenvalue weighted by atomic mass is 16.5. The van der Waals surface area contributed by atoms with Gasteiger partial charge >= 0.3 is 18.0 Å². The van der Waals surface area contributed by atoms with Crippen molar-refractivity contribution in [2.45, 2.75) is 0 Å². The first-order valence-corrected chi connectivity index (χ1v) is 3.12. The lowest BCUT2D eigenvalue weighted by atomic mass is 10.5. The highest BCUT2D eigenvalue weighted by Crippen LogP contribution is 1.93. The second-order valence-corrected chi connectivity index (χ2v) is 2.05. The third-order valence-corrected chi connectivity index (χ3v) is 1.03. The first-order valence-electron chi connectivity index (χ1n) is 3.12. The van der Waals surface area contributed by atoms with Crippen molar-refractivity contribution in [3.63, 3.8) is 0 Å². The molecule has 0 aromatic heterocycles. The quantitative estimate of drug-likeness (QED) is 0.612. The first kappa shape index (κ1) is 11.2. The van der Waals surface area contributed by atoms with Crippen LogP contribution in [0.5, 0.6) is 0 Å². The van der Waals surface area contributed by atoms with E-state index in [9.17, 15) is 14.4 Å². The highest BCUT2D eigenvalue weighted by Gasteiger charge is 2.19. The summed E-state index contributed by atoms with van der Waals surface area (Å²) < 4.78 is 3.92. The summed E-state index contributed by atoms with van der Waals surface area (Å²) in [6.07, 6.45) is -1.09. The molecule has 7 heteroatoms. The summed E-state index contributed by atoms with van der Waals surface area (Å²) in [6, 6.07) is 0.